The average molecular weight is 330 g/mol. The van der Waals surface area contributed by atoms with E-state index in [1.165, 1.54) is 31.0 Å². The summed E-state index contributed by atoms with van der Waals surface area (Å²) in [4.78, 5) is 16.4. The Hall–Kier alpha value is -1.82. The molecule has 2 atom stereocenters. The summed E-state index contributed by atoms with van der Waals surface area (Å²) < 4.78 is 1.73. The first-order chi connectivity index (χ1) is 11.2. The van der Waals surface area contributed by atoms with E-state index in [1.54, 1.807) is 11.0 Å². The van der Waals surface area contributed by atoms with Crippen LogP contribution in [0.1, 0.15) is 32.6 Å². The van der Waals surface area contributed by atoms with Crippen LogP contribution in [0, 0.1) is 5.92 Å². The lowest BCUT2D eigenvalue weighted by atomic mass is 9.86. The molecule has 23 heavy (non-hydrogen) atoms. The second kappa shape index (κ2) is 7.64. The Balaban J connectivity index is 1.50. The molecule has 122 valence electrons. The molecule has 0 bridgehead atoms. The third-order valence-electron chi connectivity index (χ3n) is 4.28. The van der Waals surface area contributed by atoms with Gasteiger partial charge in [-0.3, -0.25) is 4.79 Å². The number of nitrogens with one attached hydrogen (secondary N) is 1. The Kier molecular flexibility index (Phi) is 5.33. The molecule has 1 saturated carbocycles. The summed E-state index contributed by atoms with van der Waals surface area (Å²) >= 11 is 1.38. The fraction of sp³-hybridized carbons (Fsp3) is 0.471. The Morgan fingerprint density at radius 2 is 2.09 bits per heavy atom. The van der Waals surface area contributed by atoms with Gasteiger partial charge in [0, 0.05) is 6.04 Å². The number of para-hydroxylation sites is 1. The number of benzene rings is 1. The van der Waals surface area contributed by atoms with Crippen molar-refractivity contribution in [3.05, 3.63) is 36.7 Å². The van der Waals surface area contributed by atoms with Crippen LogP contribution in [0.3, 0.4) is 0 Å². The van der Waals surface area contributed by atoms with E-state index in [9.17, 15) is 4.79 Å². The molecule has 3 rings (SSSR count). The summed E-state index contributed by atoms with van der Waals surface area (Å²) in [6.07, 6.45) is 6.48. The lowest BCUT2D eigenvalue weighted by Gasteiger charge is -2.29. The standard InChI is InChI=1S/C17H22N4OS/c1-13-7-5-6-10-15(13)19-16(22)11-23-17-18-12-21(20-17)14-8-3-2-4-9-14/h2-4,8-9,12-13,15H,5-7,10-11H2,1H3,(H,19,22). The van der Waals surface area contributed by atoms with Crippen LogP contribution < -0.4 is 5.32 Å². The largest absolute Gasteiger partial charge is 0.352 e. The van der Waals surface area contributed by atoms with E-state index < -0.39 is 0 Å². The Bertz CT molecular complexity index is 643. The molecule has 0 radical (unpaired) electrons. The highest BCUT2D eigenvalue weighted by molar-refractivity contribution is 7.99. The topological polar surface area (TPSA) is 59.8 Å². The van der Waals surface area contributed by atoms with Gasteiger partial charge in [-0.05, 0) is 30.9 Å². The number of carbonyl (C=O) groups is 1. The van der Waals surface area contributed by atoms with Crippen molar-refractivity contribution < 1.29 is 4.79 Å². The summed E-state index contributed by atoms with van der Waals surface area (Å²) in [6, 6.07) is 10.2. The molecule has 1 heterocycles. The van der Waals surface area contributed by atoms with E-state index in [2.05, 4.69) is 22.3 Å². The van der Waals surface area contributed by atoms with Gasteiger partial charge in [-0.25, -0.2) is 9.67 Å². The summed E-state index contributed by atoms with van der Waals surface area (Å²) in [5.41, 5.74) is 0.965. The molecule has 2 aromatic rings. The van der Waals surface area contributed by atoms with E-state index in [-0.39, 0.29) is 5.91 Å². The second-order valence-corrected chi connectivity index (χ2v) is 6.97. The summed E-state index contributed by atoms with van der Waals surface area (Å²) in [5, 5.41) is 8.18. The molecule has 1 N–H and O–H groups in total. The van der Waals surface area contributed by atoms with Crippen LogP contribution in [0.2, 0.25) is 0 Å². The molecule has 0 aliphatic heterocycles. The molecule has 1 aliphatic rings. The lowest BCUT2D eigenvalue weighted by molar-refractivity contribution is -0.119. The second-order valence-electron chi connectivity index (χ2n) is 6.03. The normalized spacial score (nSPS) is 21.1. The third kappa shape index (κ3) is 4.34. The minimum Gasteiger partial charge on any atom is -0.352 e. The van der Waals surface area contributed by atoms with Crippen LogP contribution in [0.4, 0.5) is 0 Å². The fourth-order valence-electron chi connectivity index (χ4n) is 2.93. The number of hydrogen-bond donors (Lipinski definition) is 1. The average Bonchev–Trinajstić information content (AvgIpc) is 3.05. The maximum absolute atomic E-state index is 12.1. The smallest absolute Gasteiger partial charge is 0.230 e. The Labute approximate surface area is 140 Å². The maximum Gasteiger partial charge on any atom is 0.230 e. The molecule has 1 aromatic heterocycles. The number of rotatable bonds is 5. The molecule has 1 amide bonds. The minimum atomic E-state index is 0.0739. The van der Waals surface area contributed by atoms with Crippen molar-refractivity contribution in [3.8, 4) is 5.69 Å². The fourth-order valence-corrected chi connectivity index (χ4v) is 3.54. The monoisotopic (exact) mass is 330 g/mol. The van der Waals surface area contributed by atoms with Gasteiger partial charge in [0.2, 0.25) is 11.1 Å². The highest BCUT2D eigenvalue weighted by Gasteiger charge is 2.22. The molecule has 1 fully saturated rings. The van der Waals surface area contributed by atoms with Gasteiger partial charge in [0.1, 0.15) is 6.33 Å². The highest BCUT2D eigenvalue weighted by atomic mass is 32.2. The van der Waals surface area contributed by atoms with Gasteiger partial charge in [0.15, 0.2) is 0 Å². The predicted octanol–water partition coefficient (Wildman–Crippen LogP) is 3.05. The zero-order valence-electron chi connectivity index (χ0n) is 13.3. The zero-order valence-corrected chi connectivity index (χ0v) is 14.1. The van der Waals surface area contributed by atoms with Crippen molar-refractivity contribution in [2.75, 3.05) is 5.75 Å². The van der Waals surface area contributed by atoms with Gasteiger partial charge in [-0.2, -0.15) is 0 Å². The minimum absolute atomic E-state index is 0.0739. The summed E-state index contributed by atoms with van der Waals surface area (Å²) in [6.45, 7) is 2.22. The first kappa shape index (κ1) is 16.1. The Morgan fingerprint density at radius 3 is 2.87 bits per heavy atom. The molecule has 2 unspecified atom stereocenters. The van der Waals surface area contributed by atoms with Gasteiger partial charge < -0.3 is 5.32 Å². The van der Waals surface area contributed by atoms with Crippen molar-refractivity contribution in [1.82, 2.24) is 20.1 Å². The number of thioether (sulfide) groups is 1. The SMILES string of the molecule is CC1CCCCC1NC(=O)CSc1ncn(-c2ccccc2)n1. The summed E-state index contributed by atoms with van der Waals surface area (Å²) in [7, 11) is 0. The van der Waals surface area contributed by atoms with Crippen LogP contribution in [0.5, 0.6) is 0 Å². The number of carbonyl (C=O) groups excluding carboxylic acids is 1. The number of nitrogens with zero attached hydrogens (tertiary/aromatic N) is 3. The molecule has 0 saturated heterocycles. The van der Waals surface area contributed by atoms with Crippen molar-refractivity contribution in [3.63, 3.8) is 0 Å². The molecular weight excluding hydrogens is 308 g/mol. The third-order valence-corrected chi connectivity index (χ3v) is 5.13. The van der Waals surface area contributed by atoms with Crippen LogP contribution >= 0.6 is 11.8 Å². The zero-order chi connectivity index (χ0) is 16.1. The molecular formula is C17H22N4OS. The van der Waals surface area contributed by atoms with Crippen LogP contribution in [0.25, 0.3) is 5.69 Å². The van der Waals surface area contributed by atoms with Gasteiger partial charge in [0.25, 0.3) is 0 Å². The predicted molar refractivity (Wildman–Crippen MR) is 91.6 cm³/mol. The molecule has 1 aromatic carbocycles. The van der Waals surface area contributed by atoms with E-state index in [4.69, 9.17) is 0 Å². The highest BCUT2D eigenvalue weighted by Crippen LogP contribution is 2.24. The maximum atomic E-state index is 12.1. The Morgan fingerprint density at radius 1 is 1.30 bits per heavy atom. The lowest BCUT2D eigenvalue weighted by Crippen LogP contribution is -2.41. The van der Waals surface area contributed by atoms with Crippen LogP contribution in [-0.4, -0.2) is 32.5 Å². The van der Waals surface area contributed by atoms with Gasteiger partial charge in [-0.15, -0.1) is 5.10 Å². The molecule has 1 aliphatic carbocycles. The van der Waals surface area contributed by atoms with E-state index in [0.717, 1.165) is 12.1 Å². The van der Waals surface area contributed by atoms with Crippen LogP contribution in [-0.2, 0) is 4.79 Å². The number of hydrogen-bond acceptors (Lipinski definition) is 4. The van der Waals surface area contributed by atoms with Gasteiger partial charge in [0.05, 0.1) is 11.4 Å². The van der Waals surface area contributed by atoms with Gasteiger partial charge >= 0.3 is 0 Å². The van der Waals surface area contributed by atoms with Crippen molar-refractivity contribution >= 4 is 17.7 Å². The van der Waals surface area contributed by atoms with E-state index in [1.807, 2.05) is 30.3 Å². The molecule has 0 spiro atoms. The van der Waals surface area contributed by atoms with E-state index >= 15 is 0 Å². The van der Waals surface area contributed by atoms with Crippen LogP contribution in [0.15, 0.2) is 41.8 Å². The number of aromatic nitrogens is 3. The molecule has 6 heteroatoms. The first-order valence-corrected chi connectivity index (χ1v) is 9.10. The number of amides is 1. The molecule has 5 nitrogen and oxygen atoms in total. The van der Waals surface area contributed by atoms with Crippen molar-refractivity contribution in [2.45, 2.75) is 43.8 Å². The quantitative estimate of drug-likeness (QED) is 0.856. The van der Waals surface area contributed by atoms with Crippen molar-refractivity contribution in [2.24, 2.45) is 5.92 Å². The van der Waals surface area contributed by atoms with E-state index in [0.29, 0.717) is 22.9 Å². The summed E-state index contributed by atoms with van der Waals surface area (Å²) in [5.74, 6) is 1.01. The van der Waals surface area contributed by atoms with Gasteiger partial charge in [-0.1, -0.05) is 49.7 Å². The van der Waals surface area contributed by atoms with Crippen molar-refractivity contribution in [1.29, 1.82) is 0 Å². The first-order valence-electron chi connectivity index (χ1n) is 8.11.